The quantitative estimate of drug-likeness (QED) is 0.121. The lowest BCUT2D eigenvalue weighted by molar-refractivity contribution is -0.138. The van der Waals surface area contributed by atoms with E-state index in [0.717, 1.165) is 80.5 Å². The molecule has 0 amide bonds. The summed E-state index contributed by atoms with van der Waals surface area (Å²) in [6, 6.07) is 66.3. The van der Waals surface area contributed by atoms with Gasteiger partial charge in [0.2, 0.25) is 0 Å². The molecule has 10 heteroatoms. The van der Waals surface area contributed by atoms with E-state index in [0.29, 0.717) is 11.1 Å². The highest BCUT2D eigenvalue weighted by molar-refractivity contribution is 7.27. The molecule has 2 nitrogen and oxygen atoms in total. The van der Waals surface area contributed by atoms with Crippen LogP contribution in [0.1, 0.15) is 37.5 Å². The third kappa shape index (κ3) is 6.56. The fraction of sp³-hybridized carbons (Fsp3) is 0.100. The summed E-state index contributed by atoms with van der Waals surface area (Å²) in [4.78, 5) is 4.68. The summed E-state index contributed by atoms with van der Waals surface area (Å²) in [7, 11) is -3.23. The summed E-state index contributed by atoms with van der Waals surface area (Å²) in [6.07, 6.45) is -8.98. The molecule has 0 bridgehead atoms. The Balaban J connectivity index is 1.23. The first-order chi connectivity index (χ1) is 33.7. The van der Waals surface area contributed by atoms with Crippen molar-refractivity contribution in [1.82, 2.24) is 0 Å². The maximum absolute atomic E-state index is 14.0. The zero-order valence-electron chi connectivity index (χ0n) is 38.4. The van der Waals surface area contributed by atoms with Crippen LogP contribution in [0.25, 0.3) is 22.3 Å². The van der Waals surface area contributed by atoms with Gasteiger partial charge in [0.1, 0.15) is 0 Å². The zero-order valence-corrected chi connectivity index (χ0v) is 39.4. The topological polar surface area (TPSA) is 6.48 Å². The minimum absolute atomic E-state index is 0.242. The Labute approximate surface area is 404 Å². The van der Waals surface area contributed by atoms with E-state index in [1.165, 1.54) is 31.7 Å². The van der Waals surface area contributed by atoms with Gasteiger partial charge >= 0.3 is 12.4 Å². The number of anilines is 6. The molecule has 0 fully saturated rings. The fourth-order valence-electron chi connectivity index (χ4n) is 11.5. The van der Waals surface area contributed by atoms with Gasteiger partial charge in [-0.25, -0.2) is 0 Å². The molecule has 3 aliphatic rings. The molecule has 0 spiro atoms. The summed E-state index contributed by atoms with van der Waals surface area (Å²) in [5, 5.41) is 4.94. The van der Waals surface area contributed by atoms with E-state index in [1.807, 2.05) is 36.4 Å². The molecule has 12 rings (SSSR count). The van der Waals surface area contributed by atoms with Crippen LogP contribution in [0.4, 0.5) is 60.5 Å². The molecule has 0 radical (unpaired) electrons. The number of benzene rings is 9. The van der Waals surface area contributed by atoms with E-state index >= 15 is 0 Å². The molecule has 0 N–H and O–H groups in total. The van der Waals surface area contributed by atoms with Gasteiger partial charge in [-0.3, -0.25) is 0 Å². The summed E-state index contributed by atoms with van der Waals surface area (Å²) in [6.45, 7) is 6.32. The minimum atomic E-state index is -4.49. The van der Waals surface area contributed by atoms with E-state index in [2.05, 4.69) is 152 Å². The number of rotatable bonds is 6. The minimum Gasteiger partial charge on any atom is -0.311 e. The van der Waals surface area contributed by atoms with Crippen LogP contribution in [-0.2, 0) is 17.8 Å². The lowest BCUT2D eigenvalue weighted by atomic mass is 9.33. The van der Waals surface area contributed by atoms with Gasteiger partial charge in [-0.1, -0.05) is 166 Å². The van der Waals surface area contributed by atoms with Crippen LogP contribution in [0.5, 0.6) is 0 Å². The van der Waals surface area contributed by atoms with Crippen molar-refractivity contribution >= 4 is 86.0 Å². The van der Waals surface area contributed by atoms with E-state index in [1.54, 1.807) is 24.3 Å². The van der Waals surface area contributed by atoms with Crippen LogP contribution in [0.15, 0.2) is 206 Å². The Bertz CT molecular complexity index is 3290. The molecule has 0 atom stereocenters. The summed E-state index contributed by atoms with van der Waals surface area (Å²) in [5.74, 6) is 0. The molecule has 0 aliphatic carbocycles. The van der Waals surface area contributed by atoms with Crippen molar-refractivity contribution < 1.29 is 26.3 Å². The van der Waals surface area contributed by atoms with Gasteiger partial charge in [-0.15, -0.1) is 0 Å². The number of halogens is 6. The van der Waals surface area contributed by atoms with Gasteiger partial charge in [-0.2, -0.15) is 26.3 Å². The molecule has 0 unspecified atom stereocenters. The molecule has 0 saturated carbocycles. The Morgan fingerprint density at radius 2 is 0.729 bits per heavy atom. The molecule has 3 aliphatic heterocycles. The van der Waals surface area contributed by atoms with Crippen molar-refractivity contribution in [1.29, 1.82) is 0 Å². The summed E-state index contributed by atoms with van der Waals surface area (Å²) < 4.78 is 84.1. The van der Waals surface area contributed by atoms with Crippen molar-refractivity contribution in [3.8, 4) is 22.3 Å². The van der Waals surface area contributed by atoms with Crippen molar-refractivity contribution in [2.24, 2.45) is 0 Å². The van der Waals surface area contributed by atoms with Gasteiger partial charge in [0.05, 0.1) is 22.5 Å². The average molecular weight is 945 g/mol. The van der Waals surface area contributed by atoms with E-state index in [4.69, 9.17) is 0 Å². The maximum Gasteiger partial charge on any atom is 0.416 e. The SMILES string of the molecule is CC(C)(C)c1cc2c3c(c1)N(c1ccccc1-c1ccc(C(F)(F)F)cc1)c1cccc4c1B3c1c(cccc1[Si]4(c1ccccc1)c1ccccc1)N2c1ccccc1-c1ccc(C(F)(F)F)cc1. The fourth-order valence-corrected chi connectivity index (χ4v) is 16.8. The molecule has 3 heterocycles. The van der Waals surface area contributed by atoms with Crippen LogP contribution in [0, 0.1) is 0 Å². The molecular weight excluding hydrogens is 902 g/mol. The Morgan fingerprint density at radius 1 is 0.357 bits per heavy atom. The Hall–Kier alpha value is -7.56. The maximum atomic E-state index is 14.0. The lowest BCUT2D eigenvalue weighted by Crippen LogP contribution is -2.88. The number of nitrogens with zero attached hydrogens (tertiary/aromatic N) is 2. The van der Waals surface area contributed by atoms with Gasteiger partial charge in [0.15, 0.2) is 8.07 Å². The van der Waals surface area contributed by atoms with E-state index in [-0.39, 0.29) is 12.1 Å². The van der Waals surface area contributed by atoms with Gasteiger partial charge in [0, 0.05) is 33.9 Å². The molecule has 70 heavy (non-hydrogen) atoms. The molecular formula is C60H43BF6N2Si. The molecule has 0 aromatic heterocycles. The Kier molecular flexibility index (Phi) is 9.82. The Morgan fingerprint density at radius 3 is 1.11 bits per heavy atom. The van der Waals surface area contributed by atoms with Crippen LogP contribution in [-0.4, -0.2) is 14.8 Å². The van der Waals surface area contributed by atoms with Crippen molar-refractivity contribution in [3.63, 3.8) is 0 Å². The second kappa shape index (κ2) is 15.7. The van der Waals surface area contributed by atoms with E-state index < -0.39 is 31.6 Å². The average Bonchev–Trinajstić information content (AvgIpc) is 3.36. The van der Waals surface area contributed by atoms with Gasteiger partial charge in [0.25, 0.3) is 6.71 Å². The van der Waals surface area contributed by atoms with Crippen molar-refractivity contribution in [2.45, 2.75) is 38.5 Å². The largest absolute Gasteiger partial charge is 0.416 e. The van der Waals surface area contributed by atoms with Crippen LogP contribution in [0.2, 0.25) is 0 Å². The predicted molar refractivity (Wildman–Crippen MR) is 277 cm³/mol. The van der Waals surface area contributed by atoms with Crippen LogP contribution >= 0.6 is 0 Å². The molecule has 0 saturated heterocycles. The number of hydrogen-bond acceptors (Lipinski definition) is 2. The van der Waals surface area contributed by atoms with Crippen molar-refractivity contribution in [3.05, 3.63) is 223 Å². The van der Waals surface area contributed by atoms with Gasteiger partial charge < -0.3 is 9.80 Å². The summed E-state index contributed by atoms with van der Waals surface area (Å²) in [5.41, 5.74) is 11.0. The third-order valence-electron chi connectivity index (χ3n) is 14.6. The highest BCUT2D eigenvalue weighted by Crippen LogP contribution is 2.50. The summed E-state index contributed by atoms with van der Waals surface area (Å²) >= 11 is 0. The monoisotopic (exact) mass is 944 g/mol. The molecule has 9 aromatic rings. The second-order valence-corrected chi connectivity index (χ2v) is 23.2. The normalized spacial score (nSPS) is 14.4. The van der Waals surface area contributed by atoms with Crippen molar-refractivity contribution in [2.75, 3.05) is 9.80 Å². The van der Waals surface area contributed by atoms with E-state index in [9.17, 15) is 26.3 Å². The lowest BCUT2D eigenvalue weighted by Gasteiger charge is -2.52. The predicted octanol–water partition coefficient (Wildman–Crippen LogP) is 12.1. The number of para-hydroxylation sites is 2. The smallest absolute Gasteiger partial charge is 0.311 e. The first-order valence-electron chi connectivity index (χ1n) is 23.4. The standard InChI is InChI=1S/C60H43BF6N2Si/c1-58(2,3)42-36-51-55-52(37-42)69(48-23-13-11-21-46(48)39-30-34-41(35-31-39)60(65,66)67)50-25-15-27-54-57(50)61(55)56-49(68(51)47-22-12-10-20-45(47)38-28-32-40(33-29-38)59(62,63)64)24-14-26-53(56)70(54,43-16-6-4-7-17-43)44-18-8-5-9-19-44/h4-37H,1-3H3. The first kappa shape index (κ1) is 43.7. The van der Waals surface area contributed by atoms with Gasteiger partial charge in [-0.05, 0) is 120 Å². The highest BCUT2D eigenvalue weighted by atomic mass is 28.3. The molecule has 342 valence electrons. The second-order valence-electron chi connectivity index (χ2n) is 19.4. The first-order valence-corrected chi connectivity index (χ1v) is 25.4. The zero-order chi connectivity index (χ0) is 48.3. The number of alkyl halides is 6. The van der Waals surface area contributed by atoms with Crippen LogP contribution in [0.3, 0.4) is 0 Å². The van der Waals surface area contributed by atoms with Crippen LogP contribution < -0.4 is 46.9 Å². The molecule has 9 aromatic carbocycles. The third-order valence-corrected chi connectivity index (χ3v) is 19.4. The highest BCUT2D eigenvalue weighted by Gasteiger charge is 2.56. The number of hydrogen-bond donors (Lipinski definition) is 0.